The molecule has 0 saturated carbocycles. The molecule has 0 aromatic carbocycles. The van der Waals surface area contributed by atoms with Crippen LogP contribution in [0.25, 0.3) is 0 Å². The van der Waals surface area contributed by atoms with Gasteiger partial charge in [-0.05, 0) is 7.05 Å². The van der Waals surface area contributed by atoms with Crippen molar-refractivity contribution in [2.45, 2.75) is 0 Å². The minimum Gasteiger partial charge on any atom is -0.265 e. The second-order valence-corrected chi connectivity index (χ2v) is 3.91. The average molecular weight is 207 g/mol. The van der Waals surface area contributed by atoms with Crippen molar-refractivity contribution < 1.29 is 4.20 Å². The molecule has 0 aromatic rings. The van der Waals surface area contributed by atoms with Gasteiger partial charge in [0.1, 0.15) is 0 Å². The van der Waals surface area contributed by atoms with E-state index in [1.165, 1.54) is 0 Å². The average Bonchev–Trinajstić information content (AvgIpc) is 1.38. The quantitative estimate of drug-likeness (QED) is 0.510. The molecule has 0 amide bonds. The van der Waals surface area contributed by atoms with Gasteiger partial charge in [0, 0.05) is 22.0 Å². The van der Waals surface area contributed by atoms with Crippen LogP contribution >= 0.6 is 28.1 Å². The fourth-order valence-electron chi connectivity index (χ4n) is 0. The maximum absolute atomic E-state index is 11.4. The summed E-state index contributed by atoms with van der Waals surface area (Å²) in [6.45, 7) is 0. The van der Waals surface area contributed by atoms with E-state index in [4.69, 9.17) is 0 Å². The minimum atomic E-state index is -1.38. The molecular weight excluding hydrogens is 203 g/mol. The van der Waals surface area contributed by atoms with E-state index in [1.807, 2.05) is 0 Å². The maximum Gasteiger partial charge on any atom is 0.218 e. The lowest BCUT2D eigenvalue weighted by atomic mass is 11.6. The van der Waals surface area contributed by atoms with Gasteiger partial charge in [-0.3, -0.25) is 5.09 Å². The zero-order valence-electron chi connectivity index (χ0n) is 2.70. The number of nitrogens with one attached hydrogen (secondary N) is 1. The first-order valence-electron chi connectivity index (χ1n) is 1.06. The van der Waals surface area contributed by atoms with Gasteiger partial charge in [0.05, 0.1) is 0 Å². The van der Waals surface area contributed by atoms with Crippen molar-refractivity contribution in [1.29, 1.82) is 0 Å². The van der Waals surface area contributed by atoms with Crippen molar-refractivity contribution in [2.24, 2.45) is 0 Å². The van der Waals surface area contributed by atoms with Crippen molar-refractivity contribution >= 4 is 28.1 Å². The summed E-state index contributed by atoms with van der Waals surface area (Å²) in [5.41, 5.74) is 0. The van der Waals surface area contributed by atoms with Crippen molar-refractivity contribution in [2.75, 3.05) is 7.05 Å². The lowest BCUT2D eigenvalue weighted by molar-refractivity contribution is 0.891. The van der Waals surface area contributed by atoms with Crippen LogP contribution in [0, 0.1) is 0 Å². The molecule has 0 heterocycles. The summed E-state index contributed by atoms with van der Waals surface area (Å²) >= 11 is 1.69. The van der Waals surface area contributed by atoms with Crippen LogP contribution in [0.3, 0.4) is 0 Å². The molecule has 0 aliphatic rings. The Morgan fingerprint density at radius 2 is 2.20 bits per heavy atom. The molecule has 1 unspecified atom stereocenters. The van der Waals surface area contributed by atoms with E-state index < -0.39 is 6.03 Å². The SMILES string of the molecule is CNP(F)I. The van der Waals surface area contributed by atoms with Crippen LogP contribution in [0.15, 0.2) is 0 Å². The van der Waals surface area contributed by atoms with E-state index in [9.17, 15) is 4.20 Å². The van der Waals surface area contributed by atoms with Crippen LogP contribution in [-0.4, -0.2) is 7.05 Å². The number of halogens is 2. The normalized spacial score (nSPS) is 15.0. The molecule has 1 N–H and O–H groups in total. The smallest absolute Gasteiger partial charge is 0.218 e. The summed E-state index contributed by atoms with van der Waals surface area (Å²) in [6.07, 6.45) is 0. The summed E-state index contributed by atoms with van der Waals surface area (Å²) in [5.74, 6) is 0. The predicted octanol–water partition coefficient (Wildman–Crippen LogP) is 1.84. The van der Waals surface area contributed by atoms with E-state index in [0.29, 0.717) is 0 Å². The van der Waals surface area contributed by atoms with E-state index in [0.717, 1.165) is 0 Å². The van der Waals surface area contributed by atoms with Crippen molar-refractivity contribution in [3.05, 3.63) is 0 Å². The van der Waals surface area contributed by atoms with Gasteiger partial charge in [-0.2, -0.15) is 4.20 Å². The summed E-state index contributed by atoms with van der Waals surface area (Å²) in [5, 5.41) is 2.41. The number of hydrogen-bond acceptors (Lipinski definition) is 1. The molecule has 0 saturated heterocycles. The summed E-state index contributed by atoms with van der Waals surface area (Å²) < 4.78 is 11.4. The Kier molecular flexibility index (Phi) is 3.93. The van der Waals surface area contributed by atoms with Gasteiger partial charge in [0.2, 0.25) is 6.03 Å². The Balaban J connectivity index is 2.54. The van der Waals surface area contributed by atoms with E-state index >= 15 is 0 Å². The Bertz CT molecular complexity index is 25.6. The third-order valence-corrected chi connectivity index (χ3v) is 1.95. The van der Waals surface area contributed by atoms with Gasteiger partial charge in [0.15, 0.2) is 0 Å². The predicted molar refractivity (Wildman–Crippen MR) is 31.1 cm³/mol. The Morgan fingerprint density at radius 3 is 2.20 bits per heavy atom. The second-order valence-electron chi connectivity index (χ2n) is 0.457. The third-order valence-electron chi connectivity index (χ3n) is 0.169. The monoisotopic (exact) mass is 207 g/mol. The largest absolute Gasteiger partial charge is 0.265 e. The summed E-state index contributed by atoms with van der Waals surface area (Å²) in [4.78, 5) is 0. The van der Waals surface area contributed by atoms with Crippen LogP contribution in [0.2, 0.25) is 0 Å². The first-order valence-corrected chi connectivity index (χ1v) is 5.08. The van der Waals surface area contributed by atoms with Gasteiger partial charge in [-0.25, -0.2) is 0 Å². The Morgan fingerprint density at radius 1 is 2.00 bits per heavy atom. The van der Waals surface area contributed by atoms with E-state index in [2.05, 4.69) is 5.09 Å². The Hall–Kier alpha value is 1.05. The molecule has 0 fully saturated rings. The van der Waals surface area contributed by atoms with Crippen LogP contribution in [-0.2, 0) is 0 Å². The fraction of sp³-hybridized carbons (Fsp3) is 1.00. The third kappa shape index (κ3) is 5.05. The van der Waals surface area contributed by atoms with Gasteiger partial charge < -0.3 is 0 Å². The van der Waals surface area contributed by atoms with Gasteiger partial charge in [0.25, 0.3) is 0 Å². The first-order chi connectivity index (χ1) is 2.27. The fourth-order valence-corrected chi connectivity index (χ4v) is 0. The highest BCUT2D eigenvalue weighted by Gasteiger charge is 1.87. The molecular formula is CH4FINP. The highest BCUT2D eigenvalue weighted by atomic mass is 127. The van der Waals surface area contributed by atoms with Gasteiger partial charge >= 0.3 is 0 Å². The lowest BCUT2D eigenvalue weighted by Gasteiger charge is -1.86. The van der Waals surface area contributed by atoms with Gasteiger partial charge in [-0.15, -0.1) is 0 Å². The lowest BCUT2D eigenvalue weighted by Crippen LogP contribution is -1.84. The number of hydrogen-bond donors (Lipinski definition) is 1. The molecule has 0 aromatic heterocycles. The highest BCUT2D eigenvalue weighted by molar-refractivity contribution is 14.2. The topological polar surface area (TPSA) is 12.0 Å². The molecule has 0 bridgehead atoms. The standard InChI is InChI=1S/CH4FINP/c1-4-5(2)3/h4H,1H3. The van der Waals surface area contributed by atoms with Gasteiger partial charge in [-0.1, -0.05) is 0 Å². The molecule has 0 aliphatic heterocycles. The van der Waals surface area contributed by atoms with E-state index in [-0.39, 0.29) is 0 Å². The molecule has 0 radical (unpaired) electrons. The molecule has 0 rings (SSSR count). The summed E-state index contributed by atoms with van der Waals surface area (Å²) in [6, 6.07) is -1.38. The molecule has 32 valence electrons. The van der Waals surface area contributed by atoms with Crippen LogP contribution in [0.4, 0.5) is 4.20 Å². The zero-order chi connectivity index (χ0) is 4.28. The summed E-state index contributed by atoms with van der Waals surface area (Å²) in [7, 11) is 1.60. The molecule has 0 spiro atoms. The van der Waals surface area contributed by atoms with Crippen molar-refractivity contribution in [1.82, 2.24) is 5.09 Å². The van der Waals surface area contributed by atoms with E-state index in [1.54, 1.807) is 29.1 Å². The molecule has 5 heavy (non-hydrogen) atoms. The molecule has 4 heteroatoms. The molecule has 1 nitrogen and oxygen atoms in total. The molecule has 0 aliphatic carbocycles. The zero-order valence-corrected chi connectivity index (χ0v) is 5.76. The maximum atomic E-state index is 11.4. The van der Waals surface area contributed by atoms with Crippen LogP contribution in [0.1, 0.15) is 0 Å². The first kappa shape index (κ1) is 6.05. The van der Waals surface area contributed by atoms with Crippen LogP contribution in [0.5, 0.6) is 0 Å². The number of rotatable bonds is 1. The minimum absolute atomic E-state index is 1.38. The van der Waals surface area contributed by atoms with Crippen molar-refractivity contribution in [3.8, 4) is 0 Å². The highest BCUT2D eigenvalue weighted by Crippen LogP contribution is 2.40. The van der Waals surface area contributed by atoms with Crippen LogP contribution < -0.4 is 5.09 Å². The molecule has 1 atom stereocenters. The van der Waals surface area contributed by atoms with Crippen molar-refractivity contribution in [3.63, 3.8) is 0 Å². The second kappa shape index (κ2) is 3.25. The Labute approximate surface area is 44.7 Å².